The van der Waals surface area contributed by atoms with Crippen LogP contribution in [0.15, 0.2) is 24.3 Å². The molecule has 0 aliphatic carbocycles. The second kappa shape index (κ2) is 5.76. The van der Waals surface area contributed by atoms with E-state index in [0.717, 1.165) is 37.4 Å². The Morgan fingerprint density at radius 1 is 1.44 bits per heavy atom. The number of benzene rings is 1. The highest BCUT2D eigenvalue weighted by molar-refractivity contribution is 7.80. The maximum atomic E-state index is 13.3. The molecule has 0 bridgehead atoms. The van der Waals surface area contributed by atoms with Gasteiger partial charge in [0.1, 0.15) is 5.82 Å². The number of nitrogens with two attached hydrogens (primary N) is 1. The fourth-order valence-electron chi connectivity index (χ4n) is 2.52. The van der Waals surface area contributed by atoms with Crippen molar-refractivity contribution in [2.75, 3.05) is 13.1 Å². The summed E-state index contributed by atoms with van der Waals surface area (Å²) in [5.74, 6) is 0.514. The molecule has 2 nitrogen and oxygen atoms in total. The Hall–Kier alpha value is -1.00. The molecule has 0 saturated carbocycles. The van der Waals surface area contributed by atoms with Gasteiger partial charge < -0.3 is 5.73 Å². The summed E-state index contributed by atoms with van der Waals surface area (Å²) in [4.78, 5) is 2.69. The van der Waals surface area contributed by atoms with E-state index in [1.165, 1.54) is 12.1 Å². The average molecular weight is 266 g/mol. The molecule has 1 saturated heterocycles. The third-order valence-corrected chi connectivity index (χ3v) is 3.84. The van der Waals surface area contributed by atoms with Crippen molar-refractivity contribution in [1.82, 2.24) is 4.90 Å². The Labute approximate surface area is 113 Å². The molecule has 98 valence electrons. The van der Waals surface area contributed by atoms with Crippen molar-refractivity contribution in [3.63, 3.8) is 0 Å². The third-order valence-electron chi connectivity index (χ3n) is 3.62. The average Bonchev–Trinajstić information content (AvgIpc) is 2.32. The second-order valence-corrected chi connectivity index (χ2v) is 5.55. The summed E-state index contributed by atoms with van der Waals surface area (Å²) in [7, 11) is 0. The first-order valence-electron chi connectivity index (χ1n) is 6.37. The van der Waals surface area contributed by atoms with Gasteiger partial charge in [0.2, 0.25) is 0 Å². The van der Waals surface area contributed by atoms with Gasteiger partial charge in [-0.05, 0) is 49.5 Å². The molecule has 4 heteroatoms. The molecular weight excluding hydrogens is 247 g/mol. The molecule has 1 atom stereocenters. The van der Waals surface area contributed by atoms with Crippen molar-refractivity contribution in [3.8, 4) is 0 Å². The van der Waals surface area contributed by atoms with E-state index in [9.17, 15) is 4.39 Å². The number of nitrogens with zero attached hydrogens (tertiary/aromatic N) is 1. The van der Waals surface area contributed by atoms with Crippen LogP contribution in [0.1, 0.15) is 31.4 Å². The van der Waals surface area contributed by atoms with Gasteiger partial charge in [0, 0.05) is 0 Å². The lowest BCUT2D eigenvalue weighted by atomic mass is 9.95. The van der Waals surface area contributed by atoms with Gasteiger partial charge in [-0.2, -0.15) is 0 Å². The summed E-state index contributed by atoms with van der Waals surface area (Å²) < 4.78 is 13.3. The number of halogens is 1. The van der Waals surface area contributed by atoms with E-state index < -0.39 is 0 Å². The van der Waals surface area contributed by atoms with Crippen LogP contribution in [0.5, 0.6) is 0 Å². The summed E-state index contributed by atoms with van der Waals surface area (Å²) in [6.07, 6.45) is 2.29. The lowest BCUT2D eigenvalue weighted by Crippen LogP contribution is -2.41. The van der Waals surface area contributed by atoms with Crippen LogP contribution in [-0.4, -0.2) is 23.0 Å². The zero-order valence-corrected chi connectivity index (χ0v) is 11.4. The Balaban J connectivity index is 2.21. The first-order chi connectivity index (χ1) is 8.58. The van der Waals surface area contributed by atoms with Crippen molar-refractivity contribution in [3.05, 3.63) is 35.6 Å². The summed E-state index contributed by atoms with van der Waals surface area (Å²) in [6, 6.07) is 6.44. The Bertz CT molecular complexity index is 428. The molecule has 0 aromatic heterocycles. The largest absolute Gasteiger partial charge is 0.392 e. The maximum absolute atomic E-state index is 13.3. The predicted octanol–water partition coefficient (Wildman–Crippen LogP) is 2.88. The number of hydrogen-bond acceptors (Lipinski definition) is 2. The molecule has 1 unspecified atom stereocenters. The fourth-order valence-corrected chi connectivity index (χ4v) is 2.80. The van der Waals surface area contributed by atoms with Crippen molar-refractivity contribution < 1.29 is 4.39 Å². The molecule has 0 radical (unpaired) electrons. The Kier molecular flexibility index (Phi) is 4.30. The molecule has 2 rings (SSSR count). The number of rotatable bonds is 3. The van der Waals surface area contributed by atoms with Crippen LogP contribution in [0.3, 0.4) is 0 Å². The monoisotopic (exact) mass is 266 g/mol. The minimum absolute atomic E-state index is 0.136. The second-order valence-electron chi connectivity index (χ2n) is 5.08. The first kappa shape index (κ1) is 13.4. The van der Waals surface area contributed by atoms with Crippen LogP contribution in [0, 0.1) is 11.7 Å². The standard InChI is InChI=1S/C14H19FN2S/c1-10-5-7-17(8-6-10)13(14(16)18)11-3-2-4-12(15)9-11/h2-4,9-10,13H,5-8H2,1H3,(H2,16,18). The summed E-state index contributed by atoms with van der Waals surface area (Å²) in [5, 5.41) is 0. The fraction of sp³-hybridized carbons (Fsp3) is 0.500. The van der Waals surface area contributed by atoms with Gasteiger partial charge in [0.05, 0.1) is 11.0 Å². The van der Waals surface area contributed by atoms with E-state index in [2.05, 4.69) is 11.8 Å². The Morgan fingerprint density at radius 2 is 2.11 bits per heavy atom. The molecule has 2 N–H and O–H groups in total. The summed E-state index contributed by atoms with van der Waals surface area (Å²) >= 11 is 5.17. The van der Waals surface area contributed by atoms with E-state index in [0.29, 0.717) is 4.99 Å². The van der Waals surface area contributed by atoms with Crippen LogP contribution >= 0.6 is 12.2 Å². The molecule has 1 aromatic rings. The van der Waals surface area contributed by atoms with Gasteiger partial charge in [-0.1, -0.05) is 31.3 Å². The zero-order valence-electron chi connectivity index (χ0n) is 10.6. The molecule has 1 aliphatic heterocycles. The topological polar surface area (TPSA) is 29.3 Å². The number of thiocarbonyl (C=S) groups is 1. The van der Waals surface area contributed by atoms with E-state index in [4.69, 9.17) is 18.0 Å². The van der Waals surface area contributed by atoms with Crippen molar-refractivity contribution in [1.29, 1.82) is 0 Å². The summed E-state index contributed by atoms with van der Waals surface area (Å²) in [5.41, 5.74) is 6.71. The highest BCUT2D eigenvalue weighted by Crippen LogP contribution is 2.27. The number of piperidine rings is 1. The van der Waals surface area contributed by atoms with Crippen molar-refractivity contribution in [2.45, 2.75) is 25.8 Å². The number of hydrogen-bond donors (Lipinski definition) is 1. The lowest BCUT2D eigenvalue weighted by molar-refractivity contribution is 0.170. The minimum Gasteiger partial charge on any atom is -0.392 e. The molecule has 0 spiro atoms. The van der Waals surface area contributed by atoms with Crippen molar-refractivity contribution in [2.24, 2.45) is 11.7 Å². The maximum Gasteiger partial charge on any atom is 0.123 e. The van der Waals surface area contributed by atoms with Gasteiger partial charge in [-0.3, -0.25) is 4.90 Å². The molecule has 1 aromatic carbocycles. The van der Waals surface area contributed by atoms with Crippen LogP contribution in [0.4, 0.5) is 4.39 Å². The van der Waals surface area contributed by atoms with Gasteiger partial charge in [-0.15, -0.1) is 0 Å². The molecule has 1 aliphatic rings. The quantitative estimate of drug-likeness (QED) is 0.853. The molecule has 1 heterocycles. The van der Waals surface area contributed by atoms with Crippen molar-refractivity contribution >= 4 is 17.2 Å². The summed E-state index contributed by atoms with van der Waals surface area (Å²) in [6.45, 7) is 4.20. The number of likely N-dealkylation sites (tertiary alicyclic amines) is 1. The highest BCUT2D eigenvalue weighted by atomic mass is 32.1. The molecule has 18 heavy (non-hydrogen) atoms. The van der Waals surface area contributed by atoms with E-state index in [1.54, 1.807) is 6.07 Å². The van der Waals surface area contributed by atoms with Gasteiger partial charge >= 0.3 is 0 Å². The lowest BCUT2D eigenvalue weighted by Gasteiger charge is -2.36. The predicted molar refractivity (Wildman–Crippen MR) is 75.9 cm³/mol. The smallest absolute Gasteiger partial charge is 0.123 e. The van der Waals surface area contributed by atoms with Crippen LogP contribution in [0.25, 0.3) is 0 Å². The van der Waals surface area contributed by atoms with Gasteiger partial charge in [0.25, 0.3) is 0 Å². The zero-order chi connectivity index (χ0) is 13.1. The van der Waals surface area contributed by atoms with E-state index in [-0.39, 0.29) is 11.9 Å². The third kappa shape index (κ3) is 3.06. The van der Waals surface area contributed by atoms with Crippen LogP contribution < -0.4 is 5.73 Å². The first-order valence-corrected chi connectivity index (χ1v) is 6.77. The minimum atomic E-state index is -0.237. The van der Waals surface area contributed by atoms with E-state index >= 15 is 0 Å². The normalized spacial score (nSPS) is 19.7. The SMILES string of the molecule is CC1CCN(C(C(N)=S)c2cccc(F)c2)CC1. The molecular formula is C14H19FN2S. The highest BCUT2D eigenvalue weighted by Gasteiger charge is 2.26. The molecule has 0 amide bonds. The van der Waals surface area contributed by atoms with Crippen LogP contribution in [-0.2, 0) is 0 Å². The van der Waals surface area contributed by atoms with Crippen LogP contribution in [0.2, 0.25) is 0 Å². The van der Waals surface area contributed by atoms with E-state index in [1.807, 2.05) is 6.07 Å². The van der Waals surface area contributed by atoms with Gasteiger partial charge in [-0.25, -0.2) is 4.39 Å². The molecule has 1 fully saturated rings. The Morgan fingerprint density at radius 3 is 2.67 bits per heavy atom. The van der Waals surface area contributed by atoms with Gasteiger partial charge in [0.15, 0.2) is 0 Å².